The molecule has 19 heavy (non-hydrogen) atoms. The lowest BCUT2D eigenvalue weighted by atomic mass is 10.1. The third-order valence-electron chi connectivity index (χ3n) is 2.60. The normalized spacial score (nSPS) is 11.1. The van der Waals surface area contributed by atoms with Gasteiger partial charge in [0.15, 0.2) is 11.6 Å². The van der Waals surface area contributed by atoms with E-state index in [9.17, 15) is 9.18 Å². The summed E-state index contributed by atoms with van der Waals surface area (Å²) >= 11 is 0. The summed E-state index contributed by atoms with van der Waals surface area (Å²) in [6.45, 7) is 9.29. The molecule has 0 fully saturated rings. The van der Waals surface area contributed by atoms with Gasteiger partial charge in [-0.1, -0.05) is 27.7 Å². The van der Waals surface area contributed by atoms with Crippen molar-refractivity contribution in [3.8, 4) is 0 Å². The summed E-state index contributed by atoms with van der Waals surface area (Å²) in [7, 11) is 0. The summed E-state index contributed by atoms with van der Waals surface area (Å²) in [4.78, 5) is 17.7. The third kappa shape index (κ3) is 4.19. The summed E-state index contributed by atoms with van der Waals surface area (Å²) in [6, 6.07) is 1.38. The van der Waals surface area contributed by atoms with Crippen molar-refractivity contribution >= 4 is 11.7 Å². The second-order valence-electron chi connectivity index (χ2n) is 5.56. The molecule has 4 nitrogen and oxygen atoms in total. The van der Waals surface area contributed by atoms with E-state index in [1.807, 2.05) is 27.7 Å². The van der Waals surface area contributed by atoms with E-state index < -0.39 is 5.82 Å². The molecule has 1 aromatic rings. The second-order valence-corrected chi connectivity index (χ2v) is 5.56. The molecule has 0 aliphatic heterocycles. The lowest BCUT2D eigenvalue weighted by molar-refractivity contribution is 0.0710. The van der Waals surface area contributed by atoms with E-state index in [1.54, 1.807) is 4.90 Å². The van der Waals surface area contributed by atoms with Gasteiger partial charge in [-0.15, -0.1) is 0 Å². The monoisotopic (exact) mass is 267 g/mol. The Balaban J connectivity index is 3.01. The van der Waals surface area contributed by atoms with Gasteiger partial charge in [-0.3, -0.25) is 4.79 Å². The number of halogens is 1. The number of nitrogen functional groups attached to an aromatic ring is 1. The number of nitrogens with zero attached hydrogens (tertiary/aromatic N) is 2. The largest absolute Gasteiger partial charge is 0.381 e. The predicted octanol–water partition coefficient (Wildman–Crippen LogP) is 2.56. The van der Waals surface area contributed by atoms with Crippen molar-refractivity contribution in [3.05, 3.63) is 23.6 Å². The number of rotatable bonds is 5. The van der Waals surface area contributed by atoms with Gasteiger partial charge in [0.1, 0.15) is 0 Å². The van der Waals surface area contributed by atoms with Gasteiger partial charge in [0, 0.05) is 19.3 Å². The molecular formula is C14H22FN3O. The Kier molecular flexibility index (Phi) is 5.27. The van der Waals surface area contributed by atoms with Crippen LogP contribution in [0.25, 0.3) is 0 Å². The quantitative estimate of drug-likeness (QED) is 0.892. The molecule has 0 spiro atoms. The Hall–Kier alpha value is -1.65. The standard InChI is InChI=1S/C14H22FN3O/c1-9(2)7-18(8-10(3)4)14(19)11-5-6-17-13(16)12(11)15/h5-6,9-10H,7-8H2,1-4H3,(H2,16,17). The van der Waals surface area contributed by atoms with Crippen LogP contribution in [0.1, 0.15) is 38.1 Å². The number of carbonyl (C=O) groups excluding carboxylic acids is 1. The molecule has 0 saturated heterocycles. The van der Waals surface area contributed by atoms with E-state index in [2.05, 4.69) is 4.98 Å². The first-order valence-corrected chi connectivity index (χ1v) is 6.52. The lowest BCUT2D eigenvalue weighted by Crippen LogP contribution is -2.37. The van der Waals surface area contributed by atoms with Gasteiger partial charge < -0.3 is 10.6 Å². The van der Waals surface area contributed by atoms with Crippen molar-refractivity contribution in [2.75, 3.05) is 18.8 Å². The number of aromatic nitrogens is 1. The Labute approximate surface area is 113 Å². The fourth-order valence-corrected chi connectivity index (χ4v) is 1.92. The van der Waals surface area contributed by atoms with Gasteiger partial charge in [-0.25, -0.2) is 9.37 Å². The molecule has 0 aliphatic carbocycles. The number of anilines is 1. The molecule has 1 amide bonds. The minimum Gasteiger partial charge on any atom is -0.381 e. The van der Waals surface area contributed by atoms with E-state index in [0.29, 0.717) is 24.9 Å². The van der Waals surface area contributed by atoms with Crippen molar-refractivity contribution in [1.82, 2.24) is 9.88 Å². The predicted molar refractivity (Wildman–Crippen MR) is 74.2 cm³/mol. The van der Waals surface area contributed by atoms with Crippen molar-refractivity contribution in [2.24, 2.45) is 11.8 Å². The van der Waals surface area contributed by atoms with E-state index in [4.69, 9.17) is 5.73 Å². The van der Waals surface area contributed by atoms with Gasteiger partial charge >= 0.3 is 0 Å². The summed E-state index contributed by atoms with van der Waals surface area (Å²) in [5.74, 6) is -0.645. The maximum atomic E-state index is 13.9. The fourth-order valence-electron chi connectivity index (χ4n) is 1.92. The lowest BCUT2D eigenvalue weighted by Gasteiger charge is -2.26. The Morgan fingerprint density at radius 3 is 2.32 bits per heavy atom. The fraction of sp³-hybridized carbons (Fsp3) is 0.571. The Bertz CT molecular complexity index is 436. The molecule has 0 radical (unpaired) electrons. The summed E-state index contributed by atoms with van der Waals surface area (Å²) in [5.41, 5.74) is 5.40. The van der Waals surface area contributed by atoms with Gasteiger partial charge in [0.25, 0.3) is 5.91 Å². The minimum absolute atomic E-state index is 0.00574. The number of nitrogens with two attached hydrogens (primary N) is 1. The third-order valence-corrected chi connectivity index (χ3v) is 2.60. The summed E-state index contributed by atoms with van der Waals surface area (Å²) in [5, 5.41) is 0. The van der Waals surface area contributed by atoms with E-state index >= 15 is 0 Å². The second kappa shape index (κ2) is 6.50. The Morgan fingerprint density at radius 1 is 1.32 bits per heavy atom. The molecule has 1 aromatic heterocycles. The molecule has 0 saturated carbocycles. The molecule has 0 unspecified atom stereocenters. The average Bonchev–Trinajstić information content (AvgIpc) is 2.30. The number of pyridine rings is 1. The highest BCUT2D eigenvalue weighted by Gasteiger charge is 2.22. The average molecular weight is 267 g/mol. The first kappa shape index (κ1) is 15.4. The van der Waals surface area contributed by atoms with Gasteiger partial charge in [0.2, 0.25) is 0 Å². The first-order chi connectivity index (χ1) is 8.82. The van der Waals surface area contributed by atoms with Crippen LogP contribution in [0.3, 0.4) is 0 Å². The van der Waals surface area contributed by atoms with Crippen molar-refractivity contribution in [1.29, 1.82) is 0 Å². The molecule has 1 rings (SSSR count). The van der Waals surface area contributed by atoms with Crippen LogP contribution >= 0.6 is 0 Å². The van der Waals surface area contributed by atoms with Crippen LogP contribution in [-0.4, -0.2) is 28.9 Å². The zero-order valence-corrected chi connectivity index (χ0v) is 12.0. The van der Waals surface area contributed by atoms with E-state index in [-0.39, 0.29) is 17.3 Å². The SMILES string of the molecule is CC(C)CN(CC(C)C)C(=O)c1ccnc(N)c1F. The van der Waals surface area contributed by atoms with Crippen LogP contribution in [0, 0.1) is 17.7 Å². The van der Waals surface area contributed by atoms with Gasteiger partial charge in [-0.2, -0.15) is 0 Å². The molecule has 2 N–H and O–H groups in total. The molecular weight excluding hydrogens is 245 g/mol. The van der Waals surface area contributed by atoms with Crippen LogP contribution < -0.4 is 5.73 Å². The highest BCUT2D eigenvalue weighted by atomic mass is 19.1. The zero-order chi connectivity index (χ0) is 14.6. The summed E-state index contributed by atoms with van der Waals surface area (Å²) < 4.78 is 13.9. The molecule has 1 heterocycles. The molecule has 0 aromatic carbocycles. The highest BCUT2D eigenvalue weighted by molar-refractivity contribution is 5.95. The zero-order valence-electron chi connectivity index (χ0n) is 12.0. The smallest absolute Gasteiger partial charge is 0.257 e. The molecule has 0 aliphatic rings. The van der Waals surface area contributed by atoms with Crippen molar-refractivity contribution in [2.45, 2.75) is 27.7 Å². The Morgan fingerprint density at radius 2 is 1.84 bits per heavy atom. The number of carbonyl (C=O) groups is 1. The maximum Gasteiger partial charge on any atom is 0.257 e. The van der Waals surface area contributed by atoms with E-state index in [1.165, 1.54) is 12.3 Å². The van der Waals surface area contributed by atoms with Crippen LogP contribution in [0.15, 0.2) is 12.3 Å². The van der Waals surface area contributed by atoms with Gasteiger partial charge in [-0.05, 0) is 17.9 Å². The van der Waals surface area contributed by atoms with Crippen molar-refractivity contribution in [3.63, 3.8) is 0 Å². The van der Waals surface area contributed by atoms with Crippen LogP contribution in [-0.2, 0) is 0 Å². The number of amides is 1. The molecule has 106 valence electrons. The first-order valence-electron chi connectivity index (χ1n) is 6.52. The topological polar surface area (TPSA) is 59.2 Å². The number of hydrogen-bond acceptors (Lipinski definition) is 3. The molecule has 5 heteroatoms. The molecule has 0 atom stereocenters. The van der Waals surface area contributed by atoms with E-state index in [0.717, 1.165) is 0 Å². The van der Waals surface area contributed by atoms with Crippen LogP contribution in [0.4, 0.5) is 10.2 Å². The van der Waals surface area contributed by atoms with Crippen molar-refractivity contribution < 1.29 is 9.18 Å². The van der Waals surface area contributed by atoms with Gasteiger partial charge in [0.05, 0.1) is 5.56 Å². The number of hydrogen-bond donors (Lipinski definition) is 1. The summed E-state index contributed by atoms with van der Waals surface area (Å²) in [6.07, 6.45) is 1.36. The van der Waals surface area contributed by atoms with Crippen LogP contribution in [0.5, 0.6) is 0 Å². The minimum atomic E-state index is -0.731. The van der Waals surface area contributed by atoms with Crippen LogP contribution in [0.2, 0.25) is 0 Å². The molecule has 0 bridgehead atoms. The highest BCUT2D eigenvalue weighted by Crippen LogP contribution is 2.16. The maximum absolute atomic E-state index is 13.9.